The molecule has 1 aliphatic heterocycles. The Balaban J connectivity index is 1.96. The summed E-state index contributed by atoms with van der Waals surface area (Å²) in [6.07, 6.45) is 1.12. The van der Waals surface area contributed by atoms with Crippen molar-refractivity contribution in [2.45, 2.75) is 44.6 Å². The number of hydrogen-bond donors (Lipinski definition) is 2. The van der Waals surface area contributed by atoms with E-state index in [4.69, 9.17) is 0 Å². The Bertz CT molecular complexity index is 710. The average molecular weight is 368 g/mol. The number of piperidine rings is 1. The summed E-state index contributed by atoms with van der Waals surface area (Å²) in [4.78, 5) is 12.6. The molecular weight excluding hydrogens is 338 g/mol. The predicted molar refractivity (Wildman–Crippen MR) is 98.9 cm³/mol. The maximum atomic E-state index is 12.8. The first-order valence-electron chi connectivity index (χ1n) is 8.78. The van der Waals surface area contributed by atoms with Gasteiger partial charge >= 0.3 is 0 Å². The molecule has 2 rings (SSSR count). The number of nitrogens with zero attached hydrogens (tertiary/aromatic N) is 1. The van der Waals surface area contributed by atoms with Crippen LogP contribution in [-0.4, -0.2) is 51.4 Å². The standard InChI is InChI=1S/C18H29N3O3S/c1-13-5-6-17(11-14(13)2)25(23,24)21-9-7-16(8-10-21)18(22)20-12-15(3)19-4/h5-6,11,15-16,19H,7-10,12H2,1-4H3,(H,20,22). The van der Waals surface area contributed by atoms with Gasteiger partial charge in [0.2, 0.25) is 15.9 Å². The van der Waals surface area contributed by atoms with E-state index in [0.717, 1.165) is 11.1 Å². The summed E-state index contributed by atoms with van der Waals surface area (Å²) >= 11 is 0. The zero-order valence-electron chi connectivity index (χ0n) is 15.5. The molecule has 0 spiro atoms. The van der Waals surface area contributed by atoms with Crippen molar-refractivity contribution in [3.8, 4) is 0 Å². The minimum atomic E-state index is -3.49. The zero-order chi connectivity index (χ0) is 18.6. The van der Waals surface area contributed by atoms with Crippen LogP contribution >= 0.6 is 0 Å². The largest absolute Gasteiger partial charge is 0.354 e. The van der Waals surface area contributed by atoms with Gasteiger partial charge in [0.05, 0.1) is 4.90 Å². The van der Waals surface area contributed by atoms with E-state index in [1.807, 2.05) is 33.9 Å². The van der Waals surface area contributed by atoms with Gasteiger partial charge in [-0.2, -0.15) is 4.31 Å². The van der Waals surface area contributed by atoms with Crippen LogP contribution in [0.5, 0.6) is 0 Å². The lowest BCUT2D eigenvalue weighted by atomic mass is 9.97. The van der Waals surface area contributed by atoms with Crippen LogP contribution in [0.4, 0.5) is 0 Å². The molecular formula is C18H29N3O3S. The van der Waals surface area contributed by atoms with Gasteiger partial charge in [-0.3, -0.25) is 4.79 Å². The monoisotopic (exact) mass is 367 g/mol. The summed E-state index contributed by atoms with van der Waals surface area (Å²) in [5.41, 5.74) is 2.04. The predicted octanol–water partition coefficient (Wildman–Crippen LogP) is 1.43. The van der Waals surface area contributed by atoms with E-state index < -0.39 is 10.0 Å². The second-order valence-corrected chi connectivity index (χ2v) is 8.80. The molecule has 0 saturated carbocycles. The van der Waals surface area contributed by atoms with E-state index in [1.165, 1.54) is 4.31 Å². The van der Waals surface area contributed by atoms with Crippen LogP contribution in [0.1, 0.15) is 30.9 Å². The Hall–Kier alpha value is -1.44. The van der Waals surface area contributed by atoms with Crippen molar-refractivity contribution < 1.29 is 13.2 Å². The Morgan fingerprint density at radius 1 is 1.24 bits per heavy atom. The van der Waals surface area contributed by atoms with Gasteiger partial charge in [-0.15, -0.1) is 0 Å². The first kappa shape index (κ1) is 19.9. The molecule has 1 aromatic rings. The van der Waals surface area contributed by atoms with Crippen molar-refractivity contribution in [3.05, 3.63) is 29.3 Å². The molecule has 1 heterocycles. The number of likely N-dealkylation sites (N-methyl/N-ethyl adjacent to an activating group) is 1. The van der Waals surface area contributed by atoms with Gasteiger partial charge in [-0.1, -0.05) is 6.07 Å². The number of rotatable bonds is 6. The maximum absolute atomic E-state index is 12.8. The summed E-state index contributed by atoms with van der Waals surface area (Å²) in [6, 6.07) is 5.44. The van der Waals surface area contributed by atoms with E-state index in [2.05, 4.69) is 10.6 Å². The minimum absolute atomic E-state index is 0.0188. The third-order valence-electron chi connectivity index (χ3n) is 5.02. The number of aryl methyl sites for hydroxylation is 2. The topological polar surface area (TPSA) is 78.5 Å². The summed E-state index contributed by atoms with van der Waals surface area (Å²) in [5, 5.41) is 6.01. The summed E-state index contributed by atoms with van der Waals surface area (Å²) in [6.45, 7) is 7.22. The fourth-order valence-corrected chi connectivity index (χ4v) is 4.44. The molecule has 1 saturated heterocycles. The van der Waals surface area contributed by atoms with E-state index in [1.54, 1.807) is 12.1 Å². The third-order valence-corrected chi connectivity index (χ3v) is 6.91. The van der Waals surface area contributed by atoms with E-state index in [9.17, 15) is 13.2 Å². The van der Waals surface area contributed by atoms with Crippen LogP contribution in [0.25, 0.3) is 0 Å². The minimum Gasteiger partial charge on any atom is -0.354 e. The molecule has 0 aromatic heterocycles. The highest BCUT2D eigenvalue weighted by atomic mass is 32.2. The Labute approximate surface area is 151 Å². The van der Waals surface area contributed by atoms with Crippen LogP contribution in [0.2, 0.25) is 0 Å². The second-order valence-electron chi connectivity index (χ2n) is 6.86. The number of benzene rings is 1. The average Bonchev–Trinajstić information content (AvgIpc) is 2.61. The number of amides is 1. The second kappa shape index (κ2) is 8.29. The molecule has 25 heavy (non-hydrogen) atoms. The van der Waals surface area contributed by atoms with Gasteiger partial charge in [0.25, 0.3) is 0 Å². The molecule has 6 nitrogen and oxygen atoms in total. The highest BCUT2D eigenvalue weighted by Gasteiger charge is 2.32. The van der Waals surface area contributed by atoms with Crippen molar-refractivity contribution in [1.29, 1.82) is 0 Å². The molecule has 1 aromatic carbocycles. The lowest BCUT2D eigenvalue weighted by Crippen LogP contribution is -2.45. The number of carbonyl (C=O) groups excluding carboxylic acids is 1. The normalized spacial score (nSPS) is 18.1. The number of nitrogens with one attached hydrogen (secondary N) is 2. The lowest BCUT2D eigenvalue weighted by Gasteiger charge is -2.31. The lowest BCUT2D eigenvalue weighted by molar-refractivity contribution is -0.126. The first-order chi connectivity index (χ1) is 11.8. The molecule has 0 aliphatic carbocycles. The SMILES string of the molecule is CNC(C)CNC(=O)C1CCN(S(=O)(=O)c2ccc(C)c(C)c2)CC1. The Morgan fingerprint density at radius 2 is 1.88 bits per heavy atom. The molecule has 1 unspecified atom stereocenters. The fraction of sp³-hybridized carbons (Fsp3) is 0.611. The smallest absolute Gasteiger partial charge is 0.243 e. The molecule has 140 valence electrons. The Kier molecular flexibility index (Phi) is 6.59. The van der Waals surface area contributed by atoms with Gasteiger partial charge < -0.3 is 10.6 Å². The molecule has 0 radical (unpaired) electrons. The molecule has 1 fully saturated rings. The van der Waals surface area contributed by atoms with Crippen molar-refractivity contribution >= 4 is 15.9 Å². The fourth-order valence-electron chi connectivity index (χ4n) is 2.88. The summed E-state index contributed by atoms with van der Waals surface area (Å²) in [5.74, 6) is -0.0967. The summed E-state index contributed by atoms with van der Waals surface area (Å²) in [7, 11) is -1.63. The maximum Gasteiger partial charge on any atom is 0.243 e. The van der Waals surface area contributed by atoms with Crippen molar-refractivity contribution in [2.24, 2.45) is 5.92 Å². The number of carbonyl (C=O) groups is 1. The van der Waals surface area contributed by atoms with Crippen LogP contribution in [0.15, 0.2) is 23.1 Å². The van der Waals surface area contributed by atoms with Crippen LogP contribution in [-0.2, 0) is 14.8 Å². The molecule has 1 aliphatic rings. The highest BCUT2D eigenvalue weighted by molar-refractivity contribution is 7.89. The van der Waals surface area contributed by atoms with Gasteiger partial charge in [0.1, 0.15) is 0 Å². The van der Waals surface area contributed by atoms with Crippen LogP contribution in [0, 0.1) is 19.8 Å². The summed E-state index contributed by atoms with van der Waals surface area (Å²) < 4.78 is 27.1. The quantitative estimate of drug-likeness (QED) is 0.797. The third kappa shape index (κ3) is 4.80. The number of hydrogen-bond acceptors (Lipinski definition) is 4. The van der Waals surface area contributed by atoms with E-state index in [0.29, 0.717) is 37.4 Å². The van der Waals surface area contributed by atoms with Crippen LogP contribution < -0.4 is 10.6 Å². The van der Waals surface area contributed by atoms with E-state index >= 15 is 0 Å². The molecule has 7 heteroatoms. The number of sulfonamides is 1. The van der Waals surface area contributed by atoms with Crippen molar-refractivity contribution in [3.63, 3.8) is 0 Å². The molecule has 1 amide bonds. The van der Waals surface area contributed by atoms with Gasteiger partial charge in [-0.25, -0.2) is 8.42 Å². The molecule has 2 N–H and O–H groups in total. The van der Waals surface area contributed by atoms with Gasteiger partial charge in [0, 0.05) is 31.6 Å². The zero-order valence-corrected chi connectivity index (χ0v) is 16.3. The Morgan fingerprint density at radius 3 is 2.44 bits per heavy atom. The van der Waals surface area contributed by atoms with E-state index in [-0.39, 0.29) is 17.9 Å². The highest BCUT2D eigenvalue weighted by Crippen LogP contribution is 2.25. The van der Waals surface area contributed by atoms with Crippen molar-refractivity contribution in [1.82, 2.24) is 14.9 Å². The molecule has 1 atom stereocenters. The van der Waals surface area contributed by atoms with Gasteiger partial charge in [0.15, 0.2) is 0 Å². The van der Waals surface area contributed by atoms with Crippen LogP contribution in [0.3, 0.4) is 0 Å². The molecule has 0 bridgehead atoms. The van der Waals surface area contributed by atoms with Gasteiger partial charge in [-0.05, 0) is 63.9 Å². The first-order valence-corrected chi connectivity index (χ1v) is 10.2. The van der Waals surface area contributed by atoms with Crippen molar-refractivity contribution in [2.75, 3.05) is 26.7 Å².